The minimum Gasteiger partial charge on any atom is -0.506 e. The number of hydrogen-bond donors (Lipinski definition) is 1. The number of carbonyl (C=O) groups excluding carboxylic acids is 1. The monoisotopic (exact) mass is 381 g/mol. The van der Waals surface area contributed by atoms with Crippen molar-refractivity contribution in [3.05, 3.63) is 59.4 Å². The van der Waals surface area contributed by atoms with Gasteiger partial charge in [0.05, 0.1) is 25.4 Å². The van der Waals surface area contributed by atoms with E-state index in [1.54, 1.807) is 6.07 Å². The Labute approximate surface area is 165 Å². The number of nitrogens with zero attached hydrogens (tertiary/aromatic N) is 3. The second-order valence-electron chi connectivity index (χ2n) is 7.75. The predicted octanol–water partition coefficient (Wildman–Crippen LogP) is 3.01. The predicted molar refractivity (Wildman–Crippen MR) is 106 cm³/mol. The number of pyridine rings is 1. The average molecular weight is 381 g/mol. The lowest BCUT2D eigenvalue weighted by Crippen LogP contribution is -2.54. The molecule has 148 valence electrons. The van der Waals surface area contributed by atoms with Gasteiger partial charge < -0.3 is 5.11 Å². The van der Waals surface area contributed by atoms with Gasteiger partial charge in [0.2, 0.25) is 0 Å². The van der Waals surface area contributed by atoms with E-state index in [0.29, 0.717) is 19.1 Å². The molecular weight excluding hydrogens is 354 g/mol. The van der Waals surface area contributed by atoms with Crippen molar-refractivity contribution < 1.29 is 14.7 Å². The van der Waals surface area contributed by atoms with Crippen molar-refractivity contribution in [2.24, 2.45) is 0 Å². The maximum absolute atomic E-state index is 13.0. The minimum absolute atomic E-state index is 0.0630. The molecule has 0 bridgehead atoms. The highest BCUT2D eigenvalue weighted by Crippen LogP contribution is 2.30. The molecule has 0 radical (unpaired) electrons. The molecule has 1 N–H and O–H groups in total. The van der Waals surface area contributed by atoms with Crippen molar-refractivity contribution >= 4 is 5.91 Å². The van der Waals surface area contributed by atoms with Crippen molar-refractivity contribution in [1.82, 2.24) is 14.9 Å². The fourth-order valence-corrected chi connectivity index (χ4v) is 4.10. The lowest BCUT2D eigenvalue weighted by Gasteiger charge is -2.41. The van der Waals surface area contributed by atoms with E-state index in [0.717, 1.165) is 43.6 Å². The lowest BCUT2D eigenvalue weighted by atomic mass is 9.91. The van der Waals surface area contributed by atoms with Crippen LogP contribution in [0.25, 0.3) is 0 Å². The van der Waals surface area contributed by atoms with E-state index < -0.39 is 0 Å². The van der Waals surface area contributed by atoms with Gasteiger partial charge in [-0.3, -0.25) is 19.5 Å². The number of likely N-dealkylation sites (tertiary alicyclic amines) is 1. The van der Waals surface area contributed by atoms with Gasteiger partial charge in [0.15, 0.2) is 0 Å². The van der Waals surface area contributed by atoms with Crippen LogP contribution in [0.15, 0.2) is 42.6 Å². The number of rotatable bonds is 4. The molecule has 2 saturated heterocycles. The summed E-state index contributed by atoms with van der Waals surface area (Å²) in [5.74, 6) is 0.645. The molecular formula is C22H27N3O3. The van der Waals surface area contributed by atoms with Crippen molar-refractivity contribution in [2.75, 3.05) is 19.7 Å². The van der Waals surface area contributed by atoms with Gasteiger partial charge in [-0.25, -0.2) is 5.06 Å². The Bertz CT molecular complexity index is 799. The van der Waals surface area contributed by atoms with Crippen LogP contribution < -0.4 is 0 Å². The highest BCUT2D eigenvalue weighted by atomic mass is 16.7. The summed E-state index contributed by atoms with van der Waals surface area (Å²) in [5, 5.41) is 10.9. The zero-order valence-electron chi connectivity index (χ0n) is 16.3. The molecule has 6 heteroatoms. The summed E-state index contributed by atoms with van der Waals surface area (Å²) < 4.78 is 0. The molecule has 0 aliphatic carbocycles. The summed E-state index contributed by atoms with van der Waals surface area (Å²) in [7, 11) is 0. The summed E-state index contributed by atoms with van der Waals surface area (Å²) in [6.45, 7) is 4.87. The van der Waals surface area contributed by atoms with Crippen LogP contribution in [-0.2, 0) is 16.2 Å². The molecule has 1 aromatic carbocycles. The Morgan fingerprint density at radius 3 is 2.54 bits per heavy atom. The quantitative estimate of drug-likeness (QED) is 0.882. The van der Waals surface area contributed by atoms with Gasteiger partial charge in [-0.2, -0.15) is 0 Å². The Balaban J connectivity index is 1.36. The minimum atomic E-state index is -0.104. The van der Waals surface area contributed by atoms with E-state index in [-0.39, 0.29) is 17.7 Å². The van der Waals surface area contributed by atoms with E-state index in [9.17, 15) is 9.90 Å². The topological polar surface area (TPSA) is 65.9 Å². The molecule has 1 aromatic heterocycles. The number of aryl methyl sites for hydroxylation is 1. The molecule has 6 nitrogen and oxygen atoms in total. The van der Waals surface area contributed by atoms with Crippen molar-refractivity contribution in [3.8, 4) is 5.75 Å². The number of aromatic hydroxyl groups is 1. The van der Waals surface area contributed by atoms with Gasteiger partial charge in [-0.1, -0.05) is 29.8 Å². The van der Waals surface area contributed by atoms with Crippen LogP contribution in [0.2, 0.25) is 0 Å². The van der Waals surface area contributed by atoms with E-state index >= 15 is 0 Å². The van der Waals surface area contributed by atoms with Gasteiger partial charge in [0.25, 0.3) is 5.91 Å². The molecule has 1 amide bonds. The second-order valence-corrected chi connectivity index (χ2v) is 7.75. The zero-order valence-corrected chi connectivity index (χ0v) is 16.3. The molecule has 1 unspecified atom stereocenters. The maximum atomic E-state index is 13.0. The van der Waals surface area contributed by atoms with Crippen LogP contribution in [0, 0.1) is 6.92 Å². The van der Waals surface area contributed by atoms with Crippen LogP contribution in [0.4, 0.5) is 0 Å². The molecule has 2 aliphatic rings. The summed E-state index contributed by atoms with van der Waals surface area (Å²) in [6.07, 6.45) is 4.19. The summed E-state index contributed by atoms with van der Waals surface area (Å²) in [5.41, 5.74) is 3.31. The van der Waals surface area contributed by atoms with Crippen LogP contribution >= 0.6 is 0 Å². The number of aromatic nitrogens is 1. The molecule has 2 aromatic rings. The summed E-state index contributed by atoms with van der Waals surface area (Å²) in [6, 6.07) is 11.7. The van der Waals surface area contributed by atoms with Crippen LogP contribution in [0.1, 0.15) is 42.0 Å². The van der Waals surface area contributed by atoms with E-state index in [1.807, 2.05) is 18.2 Å². The molecule has 0 saturated carbocycles. The Kier molecular flexibility index (Phi) is 5.59. The molecule has 0 spiro atoms. The first-order chi connectivity index (χ1) is 13.6. The Morgan fingerprint density at radius 1 is 1.11 bits per heavy atom. The van der Waals surface area contributed by atoms with E-state index in [4.69, 9.17) is 4.84 Å². The first kappa shape index (κ1) is 18.9. The van der Waals surface area contributed by atoms with Gasteiger partial charge in [-0.05, 0) is 57.0 Å². The Hall–Kier alpha value is -2.44. The van der Waals surface area contributed by atoms with Crippen molar-refractivity contribution in [3.63, 3.8) is 0 Å². The molecule has 4 rings (SSSR count). The van der Waals surface area contributed by atoms with Crippen molar-refractivity contribution in [2.45, 2.75) is 44.7 Å². The second kappa shape index (κ2) is 8.29. The smallest absolute Gasteiger partial charge is 0.263 e. The van der Waals surface area contributed by atoms with E-state index in [2.05, 4.69) is 28.9 Å². The zero-order chi connectivity index (χ0) is 19.5. The normalized spacial score (nSPS) is 21.8. The number of amides is 1. The largest absolute Gasteiger partial charge is 0.506 e. The third kappa shape index (κ3) is 4.18. The molecule has 3 heterocycles. The third-order valence-electron chi connectivity index (χ3n) is 5.78. The molecule has 2 aliphatic heterocycles. The molecule has 1 atom stereocenters. The Morgan fingerprint density at radius 2 is 1.86 bits per heavy atom. The number of hydrogen-bond acceptors (Lipinski definition) is 5. The van der Waals surface area contributed by atoms with Crippen LogP contribution in [0.3, 0.4) is 0 Å². The summed E-state index contributed by atoms with van der Waals surface area (Å²) >= 11 is 0. The first-order valence-corrected chi connectivity index (χ1v) is 9.99. The standard InChI is InChI=1S/C22H27N3O3/c1-16-2-4-17(5-3-16)15-25-22(27)21(10-13-28-25)24-11-8-18(9-12-24)20-7-6-19(26)14-23-20/h2-7,14,18,21,26H,8-13,15H2,1H3. The average Bonchev–Trinajstić information content (AvgIpc) is 2.72. The van der Waals surface area contributed by atoms with E-state index in [1.165, 1.54) is 16.8 Å². The van der Waals surface area contributed by atoms with Crippen LogP contribution in [0.5, 0.6) is 5.75 Å². The van der Waals surface area contributed by atoms with Crippen molar-refractivity contribution in [1.29, 1.82) is 0 Å². The van der Waals surface area contributed by atoms with Gasteiger partial charge in [-0.15, -0.1) is 0 Å². The number of piperidine rings is 1. The van der Waals surface area contributed by atoms with Gasteiger partial charge in [0, 0.05) is 11.6 Å². The third-order valence-corrected chi connectivity index (χ3v) is 5.78. The van der Waals surface area contributed by atoms with Crippen LogP contribution in [-0.4, -0.2) is 51.7 Å². The highest BCUT2D eigenvalue weighted by molar-refractivity contribution is 5.81. The fraction of sp³-hybridized carbons (Fsp3) is 0.455. The number of carbonyl (C=O) groups is 1. The number of benzene rings is 1. The molecule has 2 fully saturated rings. The van der Waals surface area contributed by atoms with Gasteiger partial charge >= 0.3 is 0 Å². The SMILES string of the molecule is Cc1ccc(CN2OCCC(N3CCC(c4ccc(O)cn4)CC3)C2=O)cc1. The van der Waals surface area contributed by atoms with Gasteiger partial charge in [0.1, 0.15) is 5.75 Å². The number of hydroxylamine groups is 2. The maximum Gasteiger partial charge on any atom is 0.263 e. The summed E-state index contributed by atoms with van der Waals surface area (Å²) in [4.78, 5) is 25.3. The first-order valence-electron chi connectivity index (χ1n) is 9.99. The lowest BCUT2D eigenvalue weighted by molar-refractivity contribution is -0.212. The highest BCUT2D eigenvalue weighted by Gasteiger charge is 2.36. The molecule has 28 heavy (non-hydrogen) atoms. The fourth-order valence-electron chi connectivity index (χ4n) is 4.10.